The molecule has 4 N–H and O–H groups in total. The van der Waals surface area contributed by atoms with Gasteiger partial charge in [0.2, 0.25) is 5.91 Å². The first-order valence-electron chi connectivity index (χ1n) is 7.53. The molecule has 120 valence electrons. The molecule has 3 amide bonds. The Hall–Kier alpha value is -2.38. The van der Waals surface area contributed by atoms with Crippen LogP contribution in [-0.2, 0) is 4.79 Å². The number of imidazole rings is 1. The summed E-state index contributed by atoms with van der Waals surface area (Å²) < 4.78 is 0. The van der Waals surface area contributed by atoms with E-state index in [-0.39, 0.29) is 23.2 Å². The van der Waals surface area contributed by atoms with Gasteiger partial charge in [-0.25, -0.2) is 4.98 Å². The van der Waals surface area contributed by atoms with E-state index in [1.165, 1.54) is 6.33 Å². The van der Waals surface area contributed by atoms with Gasteiger partial charge in [-0.3, -0.25) is 14.4 Å². The van der Waals surface area contributed by atoms with E-state index >= 15 is 0 Å². The third kappa shape index (κ3) is 3.84. The molecule has 22 heavy (non-hydrogen) atoms. The van der Waals surface area contributed by atoms with Gasteiger partial charge in [-0.15, -0.1) is 0 Å². The second-order valence-corrected chi connectivity index (χ2v) is 5.19. The standard InChI is InChI=1S/C14H21N5O3/c1-2-6-15-13(21)10-11(18-8-17-10)14(22)19-9-5-3-4-7-16-12(9)20/h8-9H,2-7H2,1H3,(H,15,21)(H,16,20)(H,17,18)(H,19,22)/t9-/m0/s1. The molecule has 0 bridgehead atoms. The molecule has 0 aromatic carbocycles. The van der Waals surface area contributed by atoms with Crippen LogP contribution in [0.4, 0.5) is 0 Å². The first-order chi connectivity index (χ1) is 10.6. The van der Waals surface area contributed by atoms with Crippen molar-refractivity contribution in [1.82, 2.24) is 25.9 Å². The number of nitrogens with one attached hydrogen (secondary N) is 4. The number of aromatic nitrogens is 2. The van der Waals surface area contributed by atoms with Crippen molar-refractivity contribution >= 4 is 17.7 Å². The fraction of sp³-hybridized carbons (Fsp3) is 0.571. The molecule has 1 aliphatic heterocycles. The molecule has 0 radical (unpaired) electrons. The predicted octanol–water partition coefficient (Wildman–Crippen LogP) is -0.0520. The largest absolute Gasteiger partial charge is 0.354 e. The lowest BCUT2D eigenvalue weighted by molar-refractivity contribution is -0.122. The van der Waals surface area contributed by atoms with Gasteiger partial charge in [0, 0.05) is 13.1 Å². The number of nitrogens with zero attached hydrogens (tertiary/aromatic N) is 1. The van der Waals surface area contributed by atoms with Crippen molar-refractivity contribution in [1.29, 1.82) is 0 Å². The van der Waals surface area contributed by atoms with Crippen molar-refractivity contribution in [3.05, 3.63) is 17.7 Å². The molecule has 1 atom stereocenters. The Morgan fingerprint density at radius 3 is 2.95 bits per heavy atom. The van der Waals surface area contributed by atoms with E-state index in [9.17, 15) is 14.4 Å². The molecule has 0 spiro atoms. The van der Waals surface area contributed by atoms with Crippen LogP contribution >= 0.6 is 0 Å². The maximum Gasteiger partial charge on any atom is 0.272 e. The number of amides is 3. The lowest BCUT2D eigenvalue weighted by Crippen LogP contribution is -2.46. The first-order valence-corrected chi connectivity index (χ1v) is 7.53. The third-order valence-corrected chi connectivity index (χ3v) is 3.46. The van der Waals surface area contributed by atoms with Gasteiger partial charge in [0.1, 0.15) is 11.7 Å². The average molecular weight is 307 g/mol. The molecule has 2 heterocycles. The van der Waals surface area contributed by atoms with Crippen molar-refractivity contribution < 1.29 is 14.4 Å². The Morgan fingerprint density at radius 1 is 1.36 bits per heavy atom. The van der Waals surface area contributed by atoms with Crippen LogP contribution in [0.15, 0.2) is 6.33 Å². The maximum absolute atomic E-state index is 12.3. The molecule has 8 nitrogen and oxygen atoms in total. The van der Waals surface area contributed by atoms with Crippen LogP contribution in [0, 0.1) is 0 Å². The summed E-state index contributed by atoms with van der Waals surface area (Å²) >= 11 is 0. The molecule has 1 saturated heterocycles. The minimum absolute atomic E-state index is 0.00523. The van der Waals surface area contributed by atoms with Crippen LogP contribution in [0.3, 0.4) is 0 Å². The summed E-state index contributed by atoms with van der Waals surface area (Å²) in [5.74, 6) is -1.10. The van der Waals surface area contributed by atoms with Crippen LogP contribution < -0.4 is 16.0 Å². The number of hydrogen-bond acceptors (Lipinski definition) is 4. The van der Waals surface area contributed by atoms with E-state index in [0.717, 1.165) is 19.3 Å². The number of hydrogen-bond donors (Lipinski definition) is 4. The molecule has 1 fully saturated rings. The van der Waals surface area contributed by atoms with Crippen molar-refractivity contribution in [3.8, 4) is 0 Å². The summed E-state index contributed by atoms with van der Waals surface area (Å²) in [6, 6.07) is -0.585. The molecule has 0 saturated carbocycles. The van der Waals surface area contributed by atoms with E-state index in [2.05, 4.69) is 25.9 Å². The minimum Gasteiger partial charge on any atom is -0.354 e. The number of H-pyrrole nitrogens is 1. The Balaban J connectivity index is 2.05. The highest BCUT2D eigenvalue weighted by atomic mass is 16.2. The first kappa shape index (κ1) is 16.0. The lowest BCUT2D eigenvalue weighted by atomic mass is 10.1. The van der Waals surface area contributed by atoms with Gasteiger partial charge in [-0.2, -0.15) is 0 Å². The van der Waals surface area contributed by atoms with Crippen LogP contribution in [0.2, 0.25) is 0 Å². The summed E-state index contributed by atoms with van der Waals surface area (Å²) in [4.78, 5) is 42.7. The highest BCUT2D eigenvalue weighted by Crippen LogP contribution is 2.08. The van der Waals surface area contributed by atoms with E-state index in [1.807, 2.05) is 6.92 Å². The highest BCUT2D eigenvalue weighted by molar-refractivity contribution is 6.05. The summed E-state index contributed by atoms with van der Waals surface area (Å²) in [6.45, 7) is 3.08. The Bertz CT molecular complexity index is 554. The molecule has 0 aliphatic carbocycles. The van der Waals surface area contributed by atoms with E-state index in [0.29, 0.717) is 19.5 Å². The quantitative estimate of drug-likeness (QED) is 0.610. The van der Waals surface area contributed by atoms with E-state index in [4.69, 9.17) is 0 Å². The number of rotatable bonds is 5. The van der Waals surface area contributed by atoms with Crippen molar-refractivity contribution in [2.45, 2.75) is 38.6 Å². The smallest absolute Gasteiger partial charge is 0.272 e. The van der Waals surface area contributed by atoms with E-state index in [1.54, 1.807) is 0 Å². The van der Waals surface area contributed by atoms with Gasteiger partial charge in [0.15, 0.2) is 5.69 Å². The fourth-order valence-corrected chi connectivity index (χ4v) is 2.27. The van der Waals surface area contributed by atoms with Crippen molar-refractivity contribution in [2.24, 2.45) is 0 Å². The maximum atomic E-state index is 12.3. The molecule has 0 unspecified atom stereocenters. The van der Waals surface area contributed by atoms with Gasteiger partial charge in [0.05, 0.1) is 6.33 Å². The summed E-state index contributed by atoms with van der Waals surface area (Å²) in [5.41, 5.74) is 0.116. The molecule has 1 aliphatic rings. The van der Waals surface area contributed by atoms with Gasteiger partial charge >= 0.3 is 0 Å². The van der Waals surface area contributed by atoms with Gasteiger partial charge in [-0.05, 0) is 25.7 Å². The molecule has 8 heteroatoms. The monoisotopic (exact) mass is 307 g/mol. The van der Waals surface area contributed by atoms with Crippen LogP contribution in [-0.4, -0.2) is 46.8 Å². The summed E-state index contributed by atoms with van der Waals surface area (Å²) in [6.07, 6.45) is 4.42. The zero-order chi connectivity index (χ0) is 15.9. The number of aromatic amines is 1. The minimum atomic E-state index is -0.585. The molecular weight excluding hydrogens is 286 g/mol. The van der Waals surface area contributed by atoms with Crippen LogP contribution in [0.25, 0.3) is 0 Å². The second kappa shape index (κ2) is 7.58. The third-order valence-electron chi connectivity index (χ3n) is 3.46. The fourth-order valence-electron chi connectivity index (χ4n) is 2.27. The van der Waals surface area contributed by atoms with Crippen molar-refractivity contribution in [2.75, 3.05) is 13.1 Å². The predicted molar refractivity (Wildman–Crippen MR) is 79.3 cm³/mol. The van der Waals surface area contributed by atoms with Crippen LogP contribution in [0.5, 0.6) is 0 Å². The van der Waals surface area contributed by atoms with Gasteiger partial charge in [0.25, 0.3) is 11.8 Å². The number of carbonyl (C=O) groups excluding carboxylic acids is 3. The van der Waals surface area contributed by atoms with Crippen LogP contribution in [0.1, 0.15) is 53.6 Å². The van der Waals surface area contributed by atoms with Gasteiger partial charge in [-0.1, -0.05) is 6.92 Å². The highest BCUT2D eigenvalue weighted by Gasteiger charge is 2.26. The molecule has 1 aromatic heterocycles. The number of carbonyl (C=O) groups is 3. The average Bonchev–Trinajstić information content (AvgIpc) is 2.92. The normalized spacial score (nSPS) is 18.2. The Kier molecular flexibility index (Phi) is 5.51. The summed E-state index contributed by atoms with van der Waals surface area (Å²) in [5, 5.41) is 8.08. The lowest BCUT2D eigenvalue weighted by Gasteiger charge is -2.14. The molecule has 1 aromatic rings. The topological polar surface area (TPSA) is 116 Å². The Morgan fingerprint density at radius 2 is 2.18 bits per heavy atom. The zero-order valence-electron chi connectivity index (χ0n) is 12.6. The molecular formula is C14H21N5O3. The Labute approximate surface area is 128 Å². The second-order valence-electron chi connectivity index (χ2n) is 5.19. The zero-order valence-corrected chi connectivity index (χ0v) is 12.6. The molecule has 2 rings (SSSR count). The SMILES string of the molecule is CCCNC(=O)c1[nH]cnc1C(=O)N[C@H]1CCCCNC1=O. The van der Waals surface area contributed by atoms with Gasteiger partial charge < -0.3 is 20.9 Å². The summed E-state index contributed by atoms with van der Waals surface area (Å²) in [7, 11) is 0. The van der Waals surface area contributed by atoms with E-state index < -0.39 is 11.9 Å². The van der Waals surface area contributed by atoms with Crippen molar-refractivity contribution in [3.63, 3.8) is 0 Å².